The molecule has 0 aromatic carbocycles. The van der Waals surface area contributed by atoms with Crippen molar-refractivity contribution in [1.82, 2.24) is 5.01 Å². The molecule has 1 rings (SSSR count). The number of β-amino-alcohol motifs (C(OH)–C–C–N with tert-alkyl or cyclic N) is 1. The lowest BCUT2D eigenvalue weighted by molar-refractivity contribution is 0.0715. The summed E-state index contributed by atoms with van der Waals surface area (Å²) in [5.74, 6) is 0. The summed E-state index contributed by atoms with van der Waals surface area (Å²) < 4.78 is 0. The number of hydrogen-bond donors (Lipinski definition) is 1. The molecule has 1 N–H and O–H groups in total. The zero-order chi connectivity index (χ0) is 6.69. The minimum absolute atomic E-state index is 0.351. The van der Waals surface area contributed by atoms with Crippen LogP contribution in [0, 0.1) is 4.91 Å². The Hall–Kier alpha value is -0.640. The Balaban J connectivity index is 2.31. The van der Waals surface area contributed by atoms with Gasteiger partial charge in [-0.25, -0.2) is 0 Å². The average molecular weight is 130 g/mol. The van der Waals surface area contributed by atoms with Gasteiger partial charge >= 0.3 is 0 Å². The minimum atomic E-state index is -0.351. The van der Waals surface area contributed by atoms with Gasteiger partial charge in [0.25, 0.3) is 0 Å². The number of nitroso groups, excluding NO2 is 1. The molecule has 0 radical (unpaired) electrons. The Morgan fingerprint density at radius 3 is 2.89 bits per heavy atom. The van der Waals surface area contributed by atoms with Crippen molar-refractivity contribution in [3.05, 3.63) is 4.91 Å². The molecule has 0 amide bonds. The Kier molecular flexibility index (Phi) is 2.00. The molecule has 4 nitrogen and oxygen atoms in total. The van der Waals surface area contributed by atoms with Crippen LogP contribution < -0.4 is 0 Å². The highest BCUT2D eigenvalue weighted by Gasteiger charge is 2.16. The maximum absolute atomic E-state index is 9.87. The van der Waals surface area contributed by atoms with Gasteiger partial charge < -0.3 is 5.11 Å². The van der Waals surface area contributed by atoms with Crippen LogP contribution in [0.25, 0.3) is 0 Å². The molecular formula is C5H10N2O2. The highest BCUT2D eigenvalue weighted by Crippen LogP contribution is 2.08. The van der Waals surface area contributed by atoms with E-state index in [1.807, 2.05) is 0 Å². The van der Waals surface area contributed by atoms with Gasteiger partial charge in [-0.1, -0.05) is 0 Å². The van der Waals surface area contributed by atoms with Crippen LogP contribution in [0.3, 0.4) is 0 Å². The van der Waals surface area contributed by atoms with Crippen molar-refractivity contribution >= 4 is 0 Å². The van der Waals surface area contributed by atoms with E-state index in [1.165, 1.54) is 5.01 Å². The molecule has 1 aliphatic heterocycles. The molecule has 0 aromatic heterocycles. The summed E-state index contributed by atoms with van der Waals surface area (Å²) in [7, 11) is 0. The number of piperidine rings is 1. The van der Waals surface area contributed by atoms with E-state index in [2.05, 4.69) is 5.29 Å². The summed E-state index contributed by atoms with van der Waals surface area (Å²) in [4.78, 5) is 9.87. The van der Waals surface area contributed by atoms with Crippen LogP contribution in [-0.4, -0.2) is 29.3 Å². The highest BCUT2D eigenvalue weighted by atomic mass is 16.3. The van der Waals surface area contributed by atoms with Crippen LogP contribution in [-0.2, 0) is 0 Å². The first-order chi connectivity index (χ1) is 4.33. The van der Waals surface area contributed by atoms with E-state index in [4.69, 9.17) is 5.11 Å². The van der Waals surface area contributed by atoms with Crippen LogP contribution in [0.2, 0.25) is 0 Å². The fraction of sp³-hybridized carbons (Fsp3) is 1.00. The lowest BCUT2D eigenvalue weighted by Crippen LogP contribution is -2.34. The summed E-state index contributed by atoms with van der Waals surface area (Å²) >= 11 is 0. The Morgan fingerprint density at radius 1 is 1.67 bits per heavy atom. The molecule has 0 saturated carbocycles. The standard InChI is InChI=1S/C5H10N2O2/c8-5-2-1-3-7(4-5)6-9/h5,8H,1-4H2. The van der Waals surface area contributed by atoms with Gasteiger partial charge in [0.05, 0.1) is 17.9 Å². The number of nitrogens with zero attached hydrogens (tertiary/aromatic N) is 2. The van der Waals surface area contributed by atoms with Crippen LogP contribution in [0.5, 0.6) is 0 Å². The summed E-state index contributed by atoms with van der Waals surface area (Å²) in [6.45, 7) is 1.10. The maximum atomic E-state index is 9.87. The molecule has 9 heavy (non-hydrogen) atoms. The van der Waals surface area contributed by atoms with Gasteiger partial charge in [-0.15, -0.1) is 4.91 Å². The van der Waals surface area contributed by atoms with Gasteiger partial charge in [-0.3, -0.25) is 5.01 Å². The van der Waals surface area contributed by atoms with Crippen molar-refractivity contribution < 1.29 is 5.11 Å². The fourth-order valence-electron chi connectivity index (χ4n) is 1.01. The largest absolute Gasteiger partial charge is 0.391 e. The molecule has 1 heterocycles. The van der Waals surface area contributed by atoms with Crippen molar-refractivity contribution in [2.45, 2.75) is 18.9 Å². The topological polar surface area (TPSA) is 52.9 Å². The van der Waals surface area contributed by atoms with Gasteiger partial charge in [0.15, 0.2) is 0 Å². The second-order valence-corrected chi connectivity index (χ2v) is 2.29. The second kappa shape index (κ2) is 2.77. The normalized spacial score (nSPS) is 28.1. The second-order valence-electron chi connectivity index (χ2n) is 2.29. The summed E-state index contributed by atoms with van der Waals surface area (Å²) in [6.07, 6.45) is 1.32. The Labute approximate surface area is 53.4 Å². The first-order valence-electron chi connectivity index (χ1n) is 3.09. The van der Waals surface area contributed by atoms with E-state index in [-0.39, 0.29) is 6.10 Å². The summed E-state index contributed by atoms with van der Waals surface area (Å²) in [5.41, 5.74) is 0. The molecule has 52 valence electrons. The number of rotatable bonds is 1. The lowest BCUT2D eigenvalue weighted by atomic mass is 10.1. The van der Waals surface area contributed by atoms with E-state index in [1.54, 1.807) is 0 Å². The predicted octanol–water partition coefficient (Wildman–Crippen LogP) is 0.125. The van der Waals surface area contributed by atoms with Crippen molar-refractivity contribution in [3.8, 4) is 0 Å². The smallest absolute Gasteiger partial charge is 0.0733 e. The first-order valence-corrected chi connectivity index (χ1v) is 3.09. The van der Waals surface area contributed by atoms with E-state index >= 15 is 0 Å². The first kappa shape index (κ1) is 6.48. The molecule has 1 aliphatic rings. The third-order valence-electron chi connectivity index (χ3n) is 1.49. The number of aliphatic hydroxyl groups excluding tert-OH is 1. The van der Waals surface area contributed by atoms with Gasteiger partial charge in [-0.05, 0) is 12.8 Å². The Morgan fingerprint density at radius 2 is 2.44 bits per heavy atom. The molecule has 1 unspecified atom stereocenters. The molecule has 1 saturated heterocycles. The van der Waals surface area contributed by atoms with Crippen molar-refractivity contribution in [2.75, 3.05) is 13.1 Å². The SMILES string of the molecule is O=NN1CCCC(O)C1. The third kappa shape index (κ3) is 1.64. The molecule has 4 heteroatoms. The van der Waals surface area contributed by atoms with Crippen molar-refractivity contribution in [3.63, 3.8) is 0 Å². The summed E-state index contributed by atoms with van der Waals surface area (Å²) in [6, 6.07) is 0. The Bertz CT molecular complexity index is 107. The maximum Gasteiger partial charge on any atom is 0.0733 e. The average Bonchev–Trinajstić information content (AvgIpc) is 1.88. The van der Waals surface area contributed by atoms with E-state index in [0.717, 1.165) is 12.8 Å². The molecule has 0 aromatic rings. The van der Waals surface area contributed by atoms with Gasteiger partial charge in [0, 0.05) is 6.54 Å². The van der Waals surface area contributed by atoms with Crippen molar-refractivity contribution in [1.29, 1.82) is 0 Å². The summed E-state index contributed by atoms with van der Waals surface area (Å²) in [5, 5.41) is 13.0. The van der Waals surface area contributed by atoms with Gasteiger partial charge in [-0.2, -0.15) is 0 Å². The highest BCUT2D eigenvalue weighted by molar-refractivity contribution is 4.67. The molecule has 1 atom stereocenters. The van der Waals surface area contributed by atoms with E-state index < -0.39 is 0 Å². The van der Waals surface area contributed by atoms with Gasteiger partial charge in [0.1, 0.15) is 0 Å². The monoisotopic (exact) mass is 130 g/mol. The molecule has 0 aliphatic carbocycles. The van der Waals surface area contributed by atoms with Crippen LogP contribution >= 0.6 is 0 Å². The molecule has 1 fully saturated rings. The van der Waals surface area contributed by atoms with Crippen molar-refractivity contribution in [2.24, 2.45) is 5.29 Å². The van der Waals surface area contributed by atoms with Crippen LogP contribution in [0.1, 0.15) is 12.8 Å². The minimum Gasteiger partial charge on any atom is -0.391 e. The molecule has 0 bridgehead atoms. The van der Waals surface area contributed by atoms with Crippen LogP contribution in [0.15, 0.2) is 5.29 Å². The quantitative estimate of drug-likeness (QED) is 0.513. The predicted molar refractivity (Wildman–Crippen MR) is 32.6 cm³/mol. The molecule has 0 spiro atoms. The van der Waals surface area contributed by atoms with Crippen LogP contribution in [0.4, 0.5) is 0 Å². The number of hydrogen-bond acceptors (Lipinski definition) is 3. The fourth-order valence-corrected chi connectivity index (χ4v) is 1.01. The van der Waals surface area contributed by atoms with E-state index in [0.29, 0.717) is 13.1 Å². The van der Waals surface area contributed by atoms with E-state index in [9.17, 15) is 4.91 Å². The zero-order valence-electron chi connectivity index (χ0n) is 5.16. The molecular weight excluding hydrogens is 120 g/mol. The lowest BCUT2D eigenvalue weighted by Gasteiger charge is -2.24. The third-order valence-corrected chi connectivity index (χ3v) is 1.49. The zero-order valence-corrected chi connectivity index (χ0v) is 5.16. The van der Waals surface area contributed by atoms with Gasteiger partial charge in [0.2, 0.25) is 0 Å². The number of aliphatic hydroxyl groups is 1.